The maximum Gasteiger partial charge on any atom is 0.315 e. The molecule has 3 amide bonds. The van der Waals surface area contributed by atoms with Crippen molar-refractivity contribution in [1.82, 2.24) is 10.6 Å². The first kappa shape index (κ1) is 18.2. The number of carbonyl (C=O) groups is 3. The normalized spacial score (nSPS) is 12.8. The Kier molecular flexibility index (Phi) is 7.02. The molecule has 1 atom stereocenters. The molecule has 0 unspecified atom stereocenters. The van der Waals surface area contributed by atoms with E-state index in [0.717, 1.165) is 0 Å². The monoisotopic (exact) mass is 287 g/mol. The lowest BCUT2D eigenvalue weighted by atomic mass is 9.94. The lowest BCUT2D eigenvalue weighted by Crippen LogP contribution is -2.56. The molecule has 0 saturated heterocycles. The molecule has 20 heavy (non-hydrogen) atoms. The van der Waals surface area contributed by atoms with Crippen molar-refractivity contribution in [1.29, 1.82) is 0 Å². The summed E-state index contributed by atoms with van der Waals surface area (Å²) < 4.78 is 0. The van der Waals surface area contributed by atoms with Crippen molar-refractivity contribution in [3.63, 3.8) is 0 Å². The number of primary amides is 1. The van der Waals surface area contributed by atoms with Crippen LogP contribution in [0.4, 0.5) is 4.79 Å². The van der Waals surface area contributed by atoms with E-state index in [1.165, 1.54) is 13.8 Å². The first-order valence-electron chi connectivity index (χ1n) is 6.62. The molecule has 116 valence electrons. The molecule has 7 nitrogen and oxygen atoms in total. The third-order valence-corrected chi connectivity index (χ3v) is 2.86. The van der Waals surface area contributed by atoms with Crippen molar-refractivity contribution >= 4 is 17.9 Å². The van der Waals surface area contributed by atoms with Crippen molar-refractivity contribution in [2.75, 3.05) is 6.54 Å². The van der Waals surface area contributed by atoms with Crippen LogP contribution in [0.3, 0.4) is 0 Å². The number of amides is 3. The molecule has 0 saturated carbocycles. The maximum atomic E-state index is 11.7. The zero-order valence-electron chi connectivity index (χ0n) is 12.5. The van der Waals surface area contributed by atoms with Gasteiger partial charge in [-0.2, -0.15) is 0 Å². The molecule has 0 radical (unpaired) electrons. The highest BCUT2D eigenvalue weighted by Crippen LogP contribution is 2.14. The zero-order chi connectivity index (χ0) is 15.9. The van der Waals surface area contributed by atoms with Crippen LogP contribution in [-0.4, -0.2) is 35.1 Å². The molecule has 0 aromatic heterocycles. The molecule has 0 heterocycles. The lowest BCUT2D eigenvalue weighted by molar-refractivity contribution is -0.138. The van der Waals surface area contributed by atoms with Crippen LogP contribution in [-0.2, 0) is 9.59 Å². The van der Waals surface area contributed by atoms with E-state index in [-0.39, 0.29) is 18.9 Å². The smallest absolute Gasteiger partial charge is 0.315 e. The van der Waals surface area contributed by atoms with E-state index in [2.05, 4.69) is 10.6 Å². The number of hydrogen-bond acceptors (Lipinski definition) is 3. The third-order valence-electron chi connectivity index (χ3n) is 2.86. The highest BCUT2D eigenvalue weighted by molar-refractivity contribution is 5.89. The first-order valence-corrected chi connectivity index (χ1v) is 6.62. The number of carbonyl (C=O) groups excluding carboxylic acids is 2. The molecule has 0 rings (SSSR count). The predicted molar refractivity (Wildman–Crippen MR) is 75.0 cm³/mol. The minimum atomic E-state index is -1.15. The van der Waals surface area contributed by atoms with Gasteiger partial charge in [0, 0.05) is 13.0 Å². The van der Waals surface area contributed by atoms with Gasteiger partial charge in [-0.15, -0.1) is 0 Å². The predicted octanol–water partition coefficient (Wildman–Crippen LogP) is 0.687. The van der Waals surface area contributed by atoms with Gasteiger partial charge in [0.15, 0.2) is 0 Å². The van der Waals surface area contributed by atoms with Gasteiger partial charge in [-0.05, 0) is 32.1 Å². The Balaban J connectivity index is 4.36. The van der Waals surface area contributed by atoms with E-state index in [1.807, 2.05) is 13.8 Å². The Morgan fingerprint density at radius 3 is 2.20 bits per heavy atom. The molecule has 0 aromatic carbocycles. The summed E-state index contributed by atoms with van der Waals surface area (Å²) in [7, 11) is 0. The average Bonchev–Trinajstić information content (AvgIpc) is 2.23. The Morgan fingerprint density at radius 1 is 1.25 bits per heavy atom. The van der Waals surface area contributed by atoms with Crippen LogP contribution in [0.15, 0.2) is 0 Å². The number of nitrogens with two attached hydrogens (primary N) is 1. The average molecular weight is 287 g/mol. The summed E-state index contributed by atoms with van der Waals surface area (Å²) in [5, 5.41) is 13.9. The van der Waals surface area contributed by atoms with Crippen LogP contribution < -0.4 is 16.4 Å². The fraction of sp³-hybridized carbons (Fsp3) is 0.769. The summed E-state index contributed by atoms with van der Waals surface area (Å²) in [5.41, 5.74) is 4.00. The summed E-state index contributed by atoms with van der Waals surface area (Å²) in [6.07, 6.45) is 0.698. The Labute approximate surface area is 119 Å². The number of hydrogen-bond donors (Lipinski definition) is 4. The molecule has 7 heteroatoms. The van der Waals surface area contributed by atoms with Crippen LogP contribution >= 0.6 is 0 Å². The highest BCUT2D eigenvalue weighted by atomic mass is 16.4. The largest absolute Gasteiger partial charge is 0.481 e. The second-order valence-corrected chi connectivity index (χ2v) is 5.92. The molecular weight excluding hydrogens is 262 g/mol. The second kappa shape index (κ2) is 7.72. The lowest BCUT2D eigenvalue weighted by Gasteiger charge is -2.24. The number of urea groups is 1. The van der Waals surface area contributed by atoms with Gasteiger partial charge in [-0.1, -0.05) is 13.8 Å². The first-order chi connectivity index (χ1) is 9.04. The van der Waals surface area contributed by atoms with Gasteiger partial charge in [0.2, 0.25) is 5.91 Å². The second-order valence-electron chi connectivity index (χ2n) is 5.92. The Bertz CT molecular complexity index is 367. The Morgan fingerprint density at radius 2 is 1.80 bits per heavy atom. The van der Waals surface area contributed by atoms with Gasteiger partial charge in [0.1, 0.15) is 5.54 Å². The number of carboxylic acids is 1. The topological polar surface area (TPSA) is 122 Å². The number of carboxylic acid groups (broad SMARTS) is 1. The summed E-state index contributed by atoms with van der Waals surface area (Å²) in [4.78, 5) is 33.5. The molecule has 0 aliphatic rings. The minimum Gasteiger partial charge on any atom is -0.481 e. The quantitative estimate of drug-likeness (QED) is 0.524. The number of aliphatic carboxylic acids is 1. The minimum absolute atomic E-state index is 0.00231. The van der Waals surface area contributed by atoms with Gasteiger partial charge >= 0.3 is 12.0 Å². The van der Waals surface area contributed by atoms with Gasteiger partial charge in [-0.3, -0.25) is 9.59 Å². The summed E-state index contributed by atoms with van der Waals surface area (Å²) >= 11 is 0. The van der Waals surface area contributed by atoms with Crippen LogP contribution in [0.2, 0.25) is 0 Å². The molecule has 0 spiro atoms. The summed E-state index contributed by atoms with van der Waals surface area (Å²) in [5.74, 6) is -1.34. The van der Waals surface area contributed by atoms with Crippen LogP contribution in [0.1, 0.15) is 40.5 Å². The molecule has 0 bridgehead atoms. The fourth-order valence-corrected chi connectivity index (χ4v) is 1.78. The van der Waals surface area contributed by atoms with Gasteiger partial charge in [0.25, 0.3) is 0 Å². The summed E-state index contributed by atoms with van der Waals surface area (Å²) in [6, 6.07) is -0.534. The third kappa shape index (κ3) is 7.60. The molecule has 0 aromatic rings. The zero-order valence-corrected chi connectivity index (χ0v) is 12.5. The van der Waals surface area contributed by atoms with Gasteiger partial charge in [-0.25, -0.2) is 4.79 Å². The van der Waals surface area contributed by atoms with Gasteiger partial charge in [0.05, 0.1) is 0 Å². The van der Waals surface area contributed by atoms with Crippen LogP contribution in [0.25, 0.3) is 0 Å². The van der Waals surface area contributed by atoms with E-state index >= 15 is 0 Å². The van der Waals surface area contributed by atoms with E-state index < -0.39 is 23.4 Å². The number of rotatable bonds is 8. The molecule has 5 N–H and O–H groups in total. The van der Waals surface area contributed by atoms with E-state index in [9.17, 15) is 14.4 Å². The SMILES string of the molecule is CC(C)C[C@H](CNC(=O)NC(C)(C)C(N)=O)CC(=O)O. The van der Waals surface area contributed by atoms with Gasteiger partial charge < -0.3 is 21.5 Å². The van der Waals surface area contributed by atoms with Crippen LogP contribution in [0, 0.1) is 11.8 Å². The van der Waals surface area contributed by atoms with Crippen molar-refractivity contribution in [2.45, 2.75) is 46.1 Å². The maximum absolute atomic E-state index is 11.7. The van der Waals surface area contributed by atoms with Crippen molar-refractivity contribution in [3.8, 4) is 0 Å². The summed E-state index contributed by atoms with van der Waals surface area (Å²) in [6.45, 7) is 7.22. The van der Waals surface area contributed by atoms with E-state index in [4.69, 9.17) is 10.8 Å². The fourth-order valence-electron chi connectivity index (χ4n) is 1.78. The van der Waals surface area contributed by atoms with Crippen LogP contribution in [0.5, 0.6) is 0 Å². The molecular formula is C13H25N3O4. The van der Waals surface area contributed by atoms with Crippen molar-refractivity contribution in [2.24, 2.45) is 17.6 Å². The standard InChI is InChI=1S/C13H25N3O4/c1-8(2)5-9(6-10(17)18)7-15-12(20)16-13(3,4)11(14)19/h8-9H,5-7H2,1-4H3,(H2,14,19)(H,17,18)(H2,15,16,20)/t9-/m0/s1. The van der Waals surface area contributed by atoms with E-state index in [0.29, 0.717) is 12.3 Å². The number of nitrogens with one attached hydrogen (secondary N) is 2. The van der Waals surface area contributed by atoms with E-state index in [1.54, 1.807) is 0 Å². The molecule has 0 aliphatic carbocycles. The van der Waals surface area contributed by atoms with Crippen molar-refractivity contribution < 1.29 is 19.5 Å². The Hall–Kier alpha value is -1.79. The molecule has 0 fully saturated rings. The highest BCUT2D eigenvalue weighted by Gasteiger charge is 2.27. The molecule has 0 aliphatic heterocycles. The van der Waals surface area contributed by atoms with Crippen molar-refractivity contribution in [3.05, 3.63) is 0 Å².